The van der Waals surface area contributed by atoms with Gasteiger partial charge in [-0.05, 0) is 43.5 Å². The van der Waals surface area contributed by atoms with Crippen molar-refractivity contribution in [1.82, 2.24) is 10.3 Å². The van der Waals surface area contributed by atoms with Crippen LogP contribution in [0.5, 0.6) is 0 Å². The van der Waals surface area contributed by atoms with Gasteiger partial charge in [0.1, 0.15) is 6.04 Å². The highest BCUT2D eigenvalue weighted by molar-refractivity contribution is 7.81. The second kappa shape index (κ2) is 11.1. The first kappa shape index (κ1) is 25.6. The normalized spacial score (nSPS) is 17.2. The lowest BCUT2D eigenvalue weighted by atomic mass is 9.63. The summed E-state index contributed by atoms with van der Waals surface area (Å²) in [5.41, 5.74) is 2.63. The molecular formula is C26H27Cl2N3O3S. The second-order valence-electron chi connectivity index (χ2n) is 8.85. The van der Waals surface area contributed by atoms with Crippen LogP contribution in [0.15, 0.2) is 48.4 Å². The maximum atomic E-state index is 12.8. The fourth-order valence-electron chi connectivity index (χ4n) is 4.72. The first-order chi connectivity index (χ1) is 16.8. The minimum absolute atomic E-state index is 0.0953. The zero-order valence-corrected chi connectivity index (χ0v) is 21.7. The SMILES string of the molecule is CCOC(=O)C(Cc1ccc(NC(=O)c2c(Cl)cncc2Cl)cc1)NC1=CC(=S)C12CCCCC2. The number of allylic oxidation sites excluding steroid dienone is 2. The Balaban J connectivity index is 1.45. The number of nitrogens with zero attached hydrogens (tertiary/aromatic N) is 1. The summed E-state index contributed by atoms with van der Waals surface area (Å²) in [4.78, 5) is 30.2. The quantitative estimate of drug-likeness (QED) is 0.325. The molecule has 0 radical (unpaired) electrons. The van der Waals surface area contributed by atoms with Crippen LogP contribution in [0.3, 0.4) is 0 Å². The number of aromatic nitrogens is 1. The van der Waals surface area contributed by atoms with Gasteiger partial charge in [-0.3, -0.25) is 9.78 Å². The average Bonchev–Trinajstić information content (AvgIpc) is 2.85. The topological polar surface area (TPSA) is 80.3 Å². The summed E-state index contributed by atoms with van der Waals surface area (Å²) < 4.78 is 5.35. The lowest BCUT2D eigenvalue weighted by molar-refractivity contribution is -0.145. The molecule has 2 N–H and O–H groups in total. The van der Waals surface area contributed by atoms with E-state index < -0.39 is 11.9 Å². The van der Waals surface area contributed by atoms with E-state index in [-0.39, 0.29) is 27.0 Å². The van der Waals surface area contributed by atoms with Gasteiger partial charge in [0.25, 0.3) is 5.91 Å². The van der Waals surface area contributed by atoms with Gasteiger partial charge in [0, 0.05) is 40.5 Å². The Bertz CT molecular complexity index is 1140. The molecule has 6 nitrogen and oxygen atoms in total. The Morgan fingerprint density at radius 1 is 1.11 bits per heavy atom. The van der Waals surface area contributed by atoms with Gasteiger partial charge in [0.05, 0.1) is 22.2 Å². The van der Waals surface area contributed by atoms with Crippen molar-refractivity contribution in [3.8, 4) is 0 Å². The van der Waals surface area contributed by atoms with Gasteiger partial charge in [0.2, 0.25) is 0 Å². The molecule has 9 heteroatoms. The molecule has 184 valence electrons. The molecule has 1 atom stereocenters. The Morgan fingerprint density at radius 2 is 1.77 bits per heavy atom. The summed E-state index contributed by atoms with van der Waals surface area (Å²) >= 11 is 17.8. The monoisotopic (exact) mass is 531 g/mol. The molecule has 1 spiro atoms. The van der Waals surface area contributed by atoms with Gasteiger partial charge < -0.3 is 15.4 Å². The van der Waals surface area contributed by atoms with Gasteiger partial charge in [-0.25, -0.2) is 4.79 Å². The van der Waals surface area contributed by atoms with Gasteiger partial charge in [-0.2, -0.15) is 0 Å². The van der Waals surface area contributed by atoms with Crippen molar-refractivity contribution in [2.45, 2.75) is 51.5 Å². The summed E-state index contributed by atoms with van der Waals surface area (Å²) in [5, 5.41) is 6.60. The molecule has 0 aliphatic heterocycles. The number of rotatable bonds is 8. The van der Waals surface area contributed by atoms with Crippen LogP contribution >= 0.6 is 35.4 Å². The van der Waals surface area contributed by atoms with E-state index in [1.165, 1.54) is 18.8 Å². The maximum Gasteiger partial charge on any atom is 0.328 e. The van der Waals surface area contributed by atoms with Crippen molar-refractivity contribution in [3.63, 3.8) is 0 Å². The van der Waals surface area contributed by atoms with E-state index in [0.717, 1.165) is 41.8 Å². The van der Waals surface area contributed by atoms with Crippen LogP contribution in [-0.2, 0) is 16.0 Å². The van der Waals surface area contributed by atoms with E-state index in [0.29, 0.717) is 18.7 Å². The van der Waals surface area contributed by atoms with Crippen molar-refractivity contribution < 1.29 is 14.3 Å². The first-order valence-corrected chi connectivity index (χ1v) is 12.9. The summed E-state index contributed by atoms with van der Waals surface area (Å²) in [7, 11) is 0. The van der Waals surface area contributed by atoms with Crippen LogP contribution in [0.2, 0.25) is 10.0 Å². The van der Waals surface area contributed by atoms with Gasteiger partial charge in [-0.15, -0.1) is 0 Å². The summed E-state index contributed by atoms with van der Waals surface area (Å²) in [6.07, 6.45) is 10.7. The van der Waals surface area contributed by atoms with Crippen LogP contribution in [0.1, 0.15) is 54.9 Å². The van der Waals surface area contributed by atoms with Gasteiger partial charge in [0.15, 0.2) is 0 Å². The van der Waals surface area contributed by atoms with E-state index in [2.05, 4.69) is 15.6 Å². The van der Waals surface area contributed by atoms with Crippen LogP contribution < -0.4 is 10.6 Å². The maximum absolute atomic E-state index is 12.8. The second-order valence-corrected chi connectivity index (χ2v) is 10.1. The number of thiocarbonyl (C=S) groups is 1. The number of hydrogen-bond acceptors (Lipinski definition) is 6. The highest BCUT2D eigenvalue weighted by Crippen LogP contribution is 2.49. The highest BCUT2D eigenvalue weighted by Gasteiger charge is 2.46. The number of anilines is 1. The number of hydrogen-bond donors (Lipinski definition) is 2. The summed E-state index contributed by atoms with van der Waals surface area (Å²) in [6, 6.07) is 6.76. The molecule has 1 amide bonds. The smallest absolute Gasteiger partial charge is 0.328 e. The highest BCUT2D eigenvalue weighted by atomic mass is 35.5. The molecule has 1 aromatic carbocycles. The third-order valence-electron chi connectivity index (χ3n) is 6.60. The summed E-state index contributed by atoms with van der Waals surface area (Å²) in [5.74, 6) is -0.719. The third kappa shape index (κ3) is 5.52. The van der Waals surface area contributed by atoms with Crippen molar-refractivity contribution in [1.29, 1.82) is 0 Å². The Kier molecular flexibility index (Phi) is 8.09. The van der Waals surface area contributed by atoms with Crippen LogP contribution in [-0.4, -0.2) is 34.4 Å². The van der Waals surface area contributed by atoms with E-state index in [1.54, 1.807) is 19.1 Å². The molecule has 2 aliphatic carbocycles. The number of halogens is 2. The fourth-order valence-corrected chi connectivity index (χ4v) is 5.69. The molecule has 0 bridgehead atoms. The number of ether oxygens (including phenoxy) is 1. The molecule has 1 saturated carbocycles. The van der Waals surface area contributed by atoms with Crippen LogP contribution in [0.4, 0.5) is 5.69 Å². The predicted molar refractivity (Wildman–Crippen MR) is 142 cm³/mol. The minimum atomic E-state index is -0.530. The number of benzene rings is 1. The molecule has 1 aromatic heterocycles. The molecule has 1 unspecified atom stereocenters. The minimum Gasteiger partial charge on any atom is -0.464 e. The molecule has 1 fully saturated rings. The number of amides is 1. The van der Waals surface area contributed by atoms with Crippen molar-refractivity contribution in [2.24, 2.45) is 5.41 Å². The zero-order chi connectivity index (χ0) is 25.0. The number of carbonyl (C=O) groups is 2. The largest absolute Gasteiger partial charge is 0.464 e. The Hall–Kier alpha value is -2.48. The first-order valence-electron chi connectivity index (χ1n) is 11.7. The number of carbonyl (C=O) groups excluding carboxylic acids is 2. The number of esters is 1. The lowest BCUT2D eigenvalue weighted by Crippen LogP contribution is -2.51. The third-order valence-corrected chi connectivity index (χ3v) is 7.68. The number of nitrogens with one attached hydrogen (secondary N) is 2. The van der Waals surface area contributed by atoms with E-state index in [1.807, 2.05) is 18.2 Å². The molecule has 2 aliphatic rings. The Morgan fingerprint density at radius 3 is 2.37 bits per heavy atom. The fraction of sp³-hybridized carbons (Fsp3) is 0.385. The van der Waals surface area contributed by atoms with Crippen molar-refractivity contribution in [2.75, 3.05) is 11.9 Å². The molecule has 1 heterocycles. The number of pyridine rings is 1. The van der Waals surface area contributed by atoms with E-state index in [9.17, 15) is 9.59 Å². The summed E-state index contributed by atoms with van der Waals surface area (Å²) in [6.45, 7) is 2.11. The molecule has 0 saturated heterocycles. The van der Waals surface area contributed by atoms with Gasteiger partial charge >= 0.3 is 5.97 Å². The lowest BCUT2D eigenvalue weighted by Gasteiger charge is -2.46. The van der Waals surface area contributed by atoms with Gasteiger partial charge in [-0.1, -0.05) is 66.8 Å². The van der Waals surface area contributed by atoms with Crippen LogP contribution in [0, 0.1) is 5.41 Å². The Labute approximate surface area is 220 Å². The van der Waals surface area contributed by atoms with E-state index >= 15 is 0 Å². The van der Waals surface area contributed by atoms with Crippen LogP contribution in [0.25, 0.3) is 0 Å². The average molecular weight is 532 g/mol. The molecule has 35 heavy (non-hydrogen) atoms. The standard InChI is InChI=1S/C26H27Cl2N3O3S/c1-2-34-25(33)20(31-21-13-22(35)26(21)10-4-3-5-11-26)12-16-6-8-17(9-7-16)30-24(32)23-18(27)14-29-15-19(23)28/h6-9,13-15,20,31H,2-5,10-12H2,1H3,(H,30,32). The predicted octanol–water partition coefficient (Wildman–Crippen LogP) is 5.92. The molecule has 4 rings (SSSR count). The molecular weight excluding hydrogens is 505 g/mol. The zero-order valence-electron chi connectivity index (χ0n) is 19.4. The molecule has 2 aromatic rings. The van der Waals surface area contributed by atoms with E-state index in [4.69, 9.17) is 40.2 Å². The van der Waals surface area contributed by atoms with Crippen molar-refractivity contribution >= 4 is 57.8 Å². The van der Waals surface area contributed by atoms with Crippen molar-refractivity contribution in [3.05, 3.63) is 69.6 Å².